The van der Waals surface area contributed by atoms with Gasteiger partial charge in [0.25, 0.3) is 0 Å². The highest BCUT2D eigenvalue weighted by Gasteiger charge is 2.16. The monoisotopic (exact) mass is 285 g/mol. The fourth-order valence-electron chi connectivity index (χ4n) is 1.95. The zero-order valence-corrected chi connectivity index (χ0v) is 12.2. The number of likely N-dealkylation sites (N-methyl/N-ethyl adjacent to an activating group) is 1. The first kappa shape index (κ1) is 15.1. The lowest BCUT2D eigenvalue weighted by Gasteiger charge is -2.21. The first-order valence-corrected chi connectivity index (χ1v) is 6.81. The van der Waals surface area contributed by atoms with Crippen LogP contribution in [0.3, 0.4) is 0 Å². The first-order valence-electron chi connectivity index (χ1n) is 6.81. The molecule has 4 heteroatoms. The van der Waals surface area contributed by atoms with Crippen molar-refractivity contribution in [2.75, 3.05) is 7.05 Å². The van der Waals surface area contributed by atoms with E-state index in [1.165, 1.54) is 0 Å². The Bertz CT molecular complexity index is 598. The van der Waals surface area contributed by atoms with E-state index in [9.17, 15) is 4.79 Å². The van der Waals surface area contributed by atoms with Gasteiger partial charge in [0.1, 0.15) is 17.5 Å². The van der Waals surface area contributed by atoms with E-state index >= 15 is 0 Å². The van der Waals surface area contributed by atoms with Crippen molar-refractivity contribution in [2.24, 2.45) is 0 Å². The molecule has 2 rings (SSSR count). The number of carbonyl (C=O) groups is 1. The molecule has 0 aliphatic heterocycles. The summed E-state index contributed by atoms with van der Waals surface area (Å²) in [5.74, 6) is 0.700. The molecular formula is C17H19NO3. The zero-order chi connectivity index (χ0) is 15.2. The van der Waals surface area contributed by atoms with Gasteiger partial charge in [0, 0.05) is 6.54 Å². The minimum atomic E-state index is -0.825. The lowest BCUT2D eigenvalue weighted by molar-refractivity contribution is -0.142. The number of carboxylic acids is 1. The van der Waals surface area contributed by atoms with Gasteiger partial charge in [-0.05, 0) is 43.8 Å². The largest absolute Gasteiger partial charge is 0.480 e. The Kier molecular flexibility index (Phi) is 4.95. The second kappa shape index (κ2) is 6.90. The van der Waals surface area contributed by atoms with E-state index in [0.717, 1.165) is 17.1 Å². The predicted molar refractivity (Wildman–Crippen MR) is 81.5 cm³/mol. The van der Waals surface area contributed by atoms with Crippen LogP contribution in [0.4, 0.5) is 0 Å². The van der Waals surface area contributed by atoms with E-state index in [1.807, 2.05) is 54.6 Å². The molecule has 1 unspecified atom stereocenters. The van der Waals surface area contributed by atoms with Gasteiger partial charge in [-0.1, -0.05) is 30.3 Å². The highest BCUT2D eigenvalue weighted by atomic mass is 16.5. The average Bonchev–Trinajstić information content (AvgIpc) is 2.47. The Labute approximate surface area is 124 Å². The van der Waals surface area contributed by atoms with Crippen molar-refractivity contribution in [1.29, 1.82) is 0 Å². The molecule has 0 heterocycles. The van der Waals surface area contributed by atoms with Gasteiger partial charge in [-0.2, -0.15) is 0 Å². The number of nitrogens with zero attached hydrogens (tertiary/aromatic N) is 1. The van der Waals surface area contributed by atoms with Gasteiger partial charge >= 0.3 is 5.97 Å². The molecule has 0 amide bonds. The maximum Gasteiger partial charge on any atom is 0.320 e. The van der Waals surface area contributed by atoms with E-state index in [4.69, 9.17) is 9.84 Å². The molecule has 0 radical (unpaired) electrons. The average molecular weight is 285 g/mol. The van der Waals surface area contributed by atoms with E-state index in [1.54, 1.807) is 18.9 Å². The quantitative estimate of drug-likeness (QED) is 0.884. The van der Waals surface area contributed by atoms with Crippen molar-refractivity contribution in [1.82, 2.24) is 4.90 Å². The molecule has 2 aromatic carbocycles. The van der Waals surface area contributed by atoms with Crippen LogP contribution in [0.25, 0.3) is 0 Å². The second-order valence-corrected chi connectivity index (χ2v) is 4.99. The molecule has 0 aromatic heterocycles. The molecule has 0 bridgehead atoms. The van der Waals surface area contributed by atoms with Crippen LogP contribution in [-0.2, 0) is 11.3 Å². The standard InChI is InChI=1S/C17H19NO3/c1-13(17(19)20)18(2)12-14-7-6-10-16(11-14)21-15-8-4-3-5-9-15/h3-11,13H,12H2,1-2H3,(H,19,20). The third-order valence-electron chi connectivity index (χ3n) is 3.33. The van der Waals surface area contributed by atoms with Crippen molar-refractivity contribution in [2.45, 2.75) is 19.5 Å². The van der Waals surface area contributed by atoms with E-state index < -0.39 is 12.0 Å². The molecule has 0 spiro atoms. The molecule has 1 atom stereocenters. The summed E-state index contributed by atoms with van der Waals surface area (Å²) < 4.78 is 5.77. The van der Waals surface area contributed by atoms with Crippen LogP contribution in [0.1, 0.15) is 12.5 Å². The maximum absolute atomic E-state index is 11.0. The lowest BCUT2D eigenvalue weighted by Crippen LogP contribution is -2.35. The highest BCUT2D eigenvalue weighted by molar-refractivity contribution is 5.72. The predicted octanol–water partition coefficient (Wildman–Crippen LogP) is 3.38. The molecule has 0 saturated carbocycles. The van der Waals surface area contributed by atoms with Gasteiger partial charge < -0.3 is 9.84 Å². The third-order valence-corrected chi connectivity index (χ3v) is 3.33. The summed E-state index contributed by atoms with van der Waals surface area (Å²) in [6.45, 7) is 2.23. The number of para-hydroxylation sites is 1. The number of hydrogen-bond donors (Lipinski definition) is 1. The Morgan fingerprint density at radius 1 is 1.14 bits per heavy atom. The van der Waals surface area contributed by atoms with Gasteiger partial charge in [-0.25, -0.2) is 0 Å². The van der Waals surface area contributed by atoms with Crippen LogP contribution in [0.2, 0.25) is 0 Å². The Morgan fingerprint density at radius 2 is 1.81 bits per heavy atom. The summed E-state index contributed by atoms with van der Waals surface area (Å²) in [5.41, 5.74) is 1.01. The zero-order valence-electron chi connectivity index (χ0n) is 12.2. The van der Waals surface area contributed by atoms with Gasteiger partial charge in [0.15, 0.2) is 0 Å². The molecule has 2 aromatic rings. The van der Waals surface area contributed by atoms with Gasteiger partial charge in [0.2, 0.25) is 0 Å². The number of rotatable bonds is 6. The Balaban J connectivity index is 2.06. The van der Waals surface area contributed by atoms with Gasteiger partial charge in [-0.15, -0.1) is 0 Å². The molecule has 0 saturated heterocycles. The van der Waals surface area contributed by atoms with Gasteiger partial charge in [0.05, 0.1) is 0 Å². The molecular weight excluding hydrogens is 266 g/mol. The molecule has 1 N–H and O–H groups in total. The van der Waals surface area contributed by atoms with Crippen LogP contribution in [-0.4, -0.2) is 29.1 Å². The van der Waals surface area contributed by atoms with Crippen molar-refractivity contribution < 1.29 is 14.6 Å². The normalized spacial score (nSPS) is 12.1. The number of ether oxygens (including phenoxy) is 1. The van der Waals surface area contributed by atoms with Crippen molar-refractivity contribution in [3.8, 4) is 11.5 Å². The van der Waals surface area contributed by atoms with E-state index in [2.05, 4.69) is 0 Å². The minimum absolute atomic E-state index is 0.524. The van der Waals surface area contributed by atoms with Crippen LogP contribution in [0.15, 0.2) is 54.6 Å². The molecule has 0 fully saturated rings. The summed E-state index contributed by atoms with van der Waals surface area (Å²) in [4.78, 5) is 12.8. The highest BCUT2D eigenvalue weighted by Crippen LogP contribution is 2.22. The number of hydrogen-bond acceptors (Lipinski definition) is 3. The summed E-state index contributed by atoms with van der Waals surface area (Å²) in [6, 6.07) is 16.7. The minimum Gasteiger partial charge on any atom is -0.480 e. The Morgan fingerprint density at radius 3 is 2.48 bits per heavy atom. The summed E-state index contributed by atoms with van der Waals surface area (Å²) in [5, 5.41) is 9.01. The molecule has 21 heavy (non-hydrogen) atoms. The van der Waals surface area contributed by atoms with E-state index in [-0.39, 0.29) is 0 Å². The summed E-state index contributed by atoms with van der Waals surface area (Å²) in [6.07, 6.45) is 0. The summed E-state index contributed by atoms with van der Waals surface area (Å²) >= 11 is 0. The maximum atomic E-state index is 11.0. The lowest BCUT2D eigenvalue weighted by atomic mass is 10.2. The number of carboxylic acid groups (broad SMARTS) is 1. The molecule has 0 aliphatic rings. The van der Waals surface area contributed by atoms with E-state index in [0.29, 0.717) is 6.54 Å². The third kappa shape index (κ3) is 4.33. The second-order valence-electron chi connectivity index (χ2n) is 4.99. The number of aliphatic carboxylic acids is 1. The van der Waals surface area contributed by atoms with Gasteiger partial charge in [-0.3, -0.25) is 9.69 Å². The van der Waals surface area contributed by atoms with Crippen LogP contribution in [0.5, 0.6) is 11.5 Å². The van der Waals surface area contributed by atoms with Crippen molar-refractivity contribution >= 4 is 5.97 Å². The smallest absolute Gasteiger partial charge is 0.320 e. The Hall–Kier alpha value is -2.33. The molecule has 0 aliphatic carbocycles. The van der Waals surface area contributed by atoms with Crippen molar-refractivity contribution in [3.05, 3.63) is 60.2 Å². The van der Waals surface area contributed by atoms with Crippen LogP contribution < -0.4 is 4.74 Å². The fourth-order valence-corrected chi connectivity index (χ4v) is 1.95. The topological polar surface area (TPSA) is 49.8 Å². The molecule has 4 nitrogen and oxygen atoms in total. The van der Waals surface area contributed by atoms with Crippen molar-refractivity contribution in [3.63, 3.8) is 0 Å². The van der Waals surface area contributed by atoms with Crippen LogP contribution in [0, 0.1) is 0 Å². The summed E-state index contributed by atoms with van der Waals surface area (Å²) in [7, 11) is 1.80. The first-order chi connectivity index (χ1) is 10.1. The SMILES string of the molecule is CC(C(=O)O)N(C)Cc1cccc(Oc2ccccc2)c1. The van der Waals surface area contributed by atoms with Crippen LogP contribution >= 0.6 is 0 Å². The fraction of sp³-hybridized carbons (Fsp3) is 0.235. The molecule has 110 valence electrons. The number of benzene rings is 2.